The fourth-order valence-electron chi connectivity index (χ4n) is 4.98. The van der Waals surface area contributed by atoms with Gasteiger partial charge >= 0.3 is 0 Å². The van der Waals surface area contributed by atoms with Crippen molar-refractivity contribution in [2.24, 2.45) is 5.41 Å². The van der Waals surface area contributed by atoms with Crippen molar-refractivity contribution in [1.82, 2.24) is 10.3 Å². The Kier molecular flexibility index (Phi) is 4.60. The molecule has 1 aromatic carbocycles. The number of carbonyl (C=O) groups is 1. The molecule has 0 aliphatic carbocycles. The summed E-state index contributed by atoms with van der Waals surface area (Å²) in [4.78, 5) is 18.8. The van der Waals surface area contributed by atoms with Gasteiger partial charge < -0.3 is 16.0 Å². The summed E-state index contributed by atoms with van der Waals surface area (Å²) in [5.41, 5.74) is 9.62. The van der Waals surface area contributed by atoms with E-state index in [9.17, 15) is 13.2 Å². The SMILES string of the molecule is CN1c2ccc(-c3cnc(N)c(Cl)c3N3CCC4(CCNC4=O)CC3)cc2CS1(=O)=O. The molecule has 4 heterocycles. The van der Waals surface area contributed by atoms with Crippen LogP contribution in [0.25, 0.3) is 11.1 Å². The molecule has 1 spiro atoms. The second kappa shape index (κ2) is 7.00. The molecule has 8 nitrogen and oxygen atoms in total. The predicted molar refractivity (Wildman–Crippen MR) is 122 cm³/mol. The maximum atomic E-state index is 12.4. The Labute approximate surface area is 186 Å². The number of benzene rings is 1. The van der Waals surface area contributed by atoms with Gasteiger partial charge in [-0.05, 0) is 42.5 Å². The molecule has 164 valence electrons. The van der Waals surface area contributed by atoms with Gasteiger partial charge in [0.2, 0.25) is 15.9 Å². The van der Waals surface area contributed by atoms with Crippen LogP contribution < -0.4 is 20.3 Å². The fourth-order valence-corrected chi connectivity index (χ4v) is 6.55. The summed E-state index contributed by atoms with van der Waals surface area (Å²) in [7, 11) is -1.76. The van der Waals surface area contributed by atoms with Crippen LogP contribution in [0.15, 0.2) is 24.4 Å². The third kappa shape index (κ3) is 3.13. The third-order valence-electron chi connectivity index (χ3n) is 6.91. The van der Waals surface area contributed by atoms with Crippen LogP contribution in [0.1, 0.15) is 24.8 Å². The molecule has 1 aromatic heterocycles. The molecule has 2 aromatic rings. The maximum absolute atomic E-state index is 12.4. The number of anilines is 3. The number of nitrogen functional groups attached to an aromatic ring is 1. The zero-order valence-electron chi connectivity index (χ0n) is 17.2. The zero-order valence-corrected chi connectivity index (χ0v) is 18.8. The molecule has 3 aliphatic rings. The Morgan fingerprint density at radius 2 is 1.97 bits per heavy atom. The number of hydrogen-bond donors (Lipinski definition) is 2. The quantitative estimate of drug-likeness (QED) is 0.710. The van der Waals surface area contributed by atoms with Crippen molar-refractivity contribution in [3.05, 3.63) is 35.0 Å². The van der Waals surface area contributed by atoms with Gasteiger partial charge in [-0.1, -0.05) is 17.7 Å². The number of hydrogen-bond acceptors (Lipinski definition) is 6. The summed E-state index contributed by atoms with van der Waals surface area (Å²) in [6.45, 7) is 2.11. The van der Waals surface area contributed by atoms with Crippen molar-refractivity contribution in [2.45, 2.75) is 25.0 Å². The summed E-state index contributed by atoms with van der Waals surface area (Å²) in [6.07, 6.45) is 4.07. The van der Waals surface area contributed by atoms with Crippen LogP contribution in [-0.2, 0) is 20.6 Å². The highest BCUT2D eigenvalue weighted by molar-refractivity contribution is 7.92. The van der Waals surface area contributed by atoms with E-state index >= 15 is 0 Å². The number of nitrogens with two attached hydrogens (primary N) is 1. The first-order valence-corrected chi connectivity index (χ1v) is 12.3. The van der Waals surface area contributed by atoms with Crippen molar-refractivity contribution in [2.75, 3.05) is 41.6 Å². The zero-order chi connectivity index (χ0) is 22.0. The Balaban J connectivity index is 1.53. The van der Waals surface area contributed by atoms with Gasteiger partial charge in [-0.2, -0.15) is 0 Å². The smallest absolute Gasteiger partial charge is 0.239 e. The van der Waals surface area contributed by atoms with Crippen molar-refractivity contribution in [3.8, 4) is 11.1 Å². The lowest BCUT2D eigenvalue weighted by atomic mass is 9.77. The van der Waals surface area contributed by atoms with Gasteiger partial charge in [0.25, 0.3) is 0 Å². The van der Waals surface area contributed by atoms with Crippen molar-refractivity contribution < 1.29 is 13.2 Å². The summed E-state index contributed by atoms with van der Waals surface area (Å²) in [6, 6.07) is 5.59. The highest BCUT2D eigenvalue weighted by Crippen LogP contribution is 2.45. The molecule has 0 radical (unpaired) electrons. The van der Waals surface area contributed by atoms with E-state index in [0.717, 1.165) is 48.2 Å². The Morgan fingerprint density at radius 3 is 2.65 bits per heavy atom. The van der Waals surface area contributed by atoms with E-state index in [4.69, 9.17) is 17.3 Å². The van der Waals surface area contributed by atoms with Crippen molar-refractivity contribution in [1.29, 1.82) is 0 Å². The lowest BCUT2D eigenvalue weighted by Crippen LogP contribution is -2.44. The first-order chi connectivity index (χ1) is 14.7. The van der Waals surface area contributed by atoms with Crippen LogP contribution >= 0.6 is 11.6 Å². The van der Waals surface area contributed by atoms with Crippen LogP contribution in [-0.4, -0.2) is 46.0 Å². The highest BCUT2D eigenvalue weighted by atomic mass is 35.5. The average Bonchev–Trinajstić information content (AvgIpc) is 3.20. The minimum atomic E-state index is -3.32. The number of aromatic nitrogens is 1. The summed E-state index contributed by atoms with van der Waals surface area (Å²) < 4.78 is 25.8. The molecular weight excluding hydrogens is 438 g/mol. The topological polar surface area (TPSA) is 109 Å². The standard InChI is InChI=1S/C21H24ClN5O3S/c1-26-16-3-2-13(10-14(16)12-31(26,29)30)15-11-25-19(23)17(22)18(15)27-8-5-21(6-9-27)4-7-24-20(21)28/h2-3,10-11H,4-9,12H2,1H3,(H2,23,25)(H,24,28). The van der Waals surface area contributed by atoms with E-state index in [1.165, 1.54) is 4.31 Å². The minimum Gasteiger partial charge on any atom is -0.382 e. The number of rotatable bonds is 2. The number of piperidine rings is 1. The molecule has 2 saturated heterocycles. The number of sulfonamides is 1. The third-order valence-corrected chi connectivity index (χ3v) is 8.99. The molecule has 10 heteroatoms. The van der Waals surface area contributed by atoms with E-state index in [1.54, 1.807) is 13.2 Å². The van der Waals surface area contributed by atoms with Gasteiger partial charge in [0.1, 0.15) is 10.8 Å². The fraction of sp³-hybridized carbons (Fsp3) is 0.429. The Morgan fingerprint density at radius 1 is 1.23 bits per heavy atom. The van der Waals surface area contributed by atoms with E-state index in [0.29, 0.717) is 23.8 Å². The van der Waals surface area contributed by atoms with Crippen molar-refractivity contribution in [3.63, 3.8) is 0 Å². The number of nitrogens with zero attached hydrogens (tertiary/aromatic N) is 3. The normalized spacial score (nSPS) is 21.4. The largest absolute Gasteiger partial charge is 0.382 e. The summed E-state index contributed by atoms with van der Waals surface area (Å²) in [5.74, 6) is 0.374. The molecular formula is C21H24ClN5O3S. The van der Waals surface area contributed by atoms with Crippen LogP contribution in [0.4, 0.5) is 17.2 Å². The van der Waals surface area contributed by atoms with Crippen LogP contribution in [0.5, 0.6) is 0 Å². The number of carbonyl (C=O) groups excluding carboxylic acids is 1. The minimum absolute atomic E-state index is 0.0283. The highest BCUT2D eigenvalue weighted by Gasteiger charge is 2.45. The van der Waals surface area contributed by atoms with E-state index < -0.39 is 10.0 Å². The van der Waals surface area contributed by atoms with Gasteiger partial charge in [0, 0.05) is 38.4 Å². The molecule has 31 heavy (non-hydrogen) atoms. The summed E-state index contributed by atoms with van der Waals surface area (Å²) in [5, 5.41) is 3.34. The number of amides is 1. The maximum Gasteiger partial charge on any atom is 0.239 e. The van der Waals surface area contributed by atoms with Crippen LogP contribution in [0, 0.1) is 5.41 Å². The number of nitrogens with one attached hydrogen (secondary N) is 1. The summed E-state index contributed by atoms with van der Waals surface area (Å²) >= 11 is 6.63. The predicted octanol–water partition coefficient (Wildman–Crippen LogP) is 2.37. The number of halogens is 1. The van der Waals surface area contributed by atoms with Crippen LogP contribution in [0.3, 0.4) is 0 Å². The van der Waals surface area contributed by atoms with Gasteiger partial charge in [-0.25, -0.2) is 13.4 Å². The van der Waals surface area contributed by atoms with Gasteiger partial charge in [0.15, 0.2) is 0 Å². The first kappa shape index (κ1) is 20.4. The second-order valence-corrected chi connectivity index (χ2v) is 10.9. The Bertz CT molecular complexity index is 1190. The van der Waals surface area contributed by atoms with E-state index in [1.807, 2.05) is 18.2 Å². The molecule has 0 unspecified atom stereocenters. The van der Waals surface area contributed by atoms with Gasteiger partial charge in [-0.15, -0.1) is 0 Å². The molecule has 1 amide bonds. The van der Waals surface area contributed by atoms with E-state index in [-0.39, 0.29) is 22.9 Å². The number of fused-ring (bicyclic) bond motifs is 1. The molecule has 0 saturated carbocycles. The lowest BCUT2D eigenvalue weighted by molar-refractivity contribution is -0.128. The Hall–Kier alpha value is -2.52. The lowest BCUT2D eigenvalue weighted by Gasteiger charge is -2.39. The molecule has 0 atom stereocenters. The van der Waals surface area contributed by atoms with Gasteiger partial charge in [0.05, 0.1) is 22.5 Å². The van der Waals surface area contributed by atoms with Gasteiger partial charge in [-0.3, -0.25) is 9.10 Å². The molecule has 2 fully saturated rings. The first-order valence-electron chi connectivity index (χ1n) is 10.3. The molecule has 3 N–H and O–H groups in total. The molecule has 3 aliphatic heterocycles. The molecule has 0 bridgehead atoms. The van der Waals surface area contributed by atoms with Crippen LogP contribution in [0.2, 0.25) is 5.02 Å². The average molecular weight is 462 g/mol. The van der Waals surface area contributed by atoms with Crippen molar-refractivity contribution >= 4 is 44.7 Å². The second-order valence-electron chi connectivity index (χ2n) is 8.56. The molecule has 5 rings (SSSR count). The van der Waals surface area contributed by atoms with E-state index in [2.05, 4.69) is 15.2 Å². The monoisotopic (exact) mass is 461 g/mol. The number of pyridine rings is 1.